The van der Waals surface area contributed by atoms with Crippen molar-refractivity contribution in [3.05, 3.63) is 28.1 Å². The molecule has 1 heterocycles. The van der Waals surface area contributed by atoms with Crippen molar-refractivity contribution < 1.29 is 13.7 Å². The van der Waals surface area contributed by atoms with Gasteiger partial charge in [0.1, 0.15) is 11.8 Å². The standard InChI is InChI=1S/C6H3F2N3O2/c7-6(8)10-3-5(11(12)13)1-4(10)2-9/h1,3,6H. The van der Waals surface area contributed by atoms with E-state index in [1.54, 1.807) is 0 Å². The Balaban J connectivity index is 3.21. The van der Waals surface area contributed by atoms with E-state index in [1.165, 1.54) is 6.07 Å². The molecule has 1 aromatic heterocycles. The van der Waals surface area contributed by atoms with E-state index in [-0.39, 0.29) is 4.57 Å². The van der Waals surface area contributed by atoms with Gasteiger partial charge in [0.05, 0.1) is 17.2 Å². The predicted octanol–water partition coefficient (Wildman–Crippen LogP) is 1.66. The van der Waals surface area contributed by atoms with Gasteiger partial charge in [-0.25, -0.2) is 0 Å². The van der Waals surface area contributed by atoms with E-state index in [0.29, 0.717) is 6.20 Å². The lowest BCUT2D eigenvalue weighted by Gasteiger charge is -1.98. The van der Waals surface area contributed by atoms with Gasteiger partial charge in [-0.1, -0.05) is 0 Å². The Morgan fingerprint density at radius 1 is 1.69 bits per heavy atom. The van der Waals surface area contributed by atoms with Crippen molar-refractivity contribution in [1.82, 2.24) is 4.57 Å². The van der Waals surface area contributed by atoms with Gasteiger partial charge in [0.2, 0.25) is 0 Å². The molecule has 0 bridgehead atoms. The molecular weight excluding hydrogens is 184 g/mol. The summed E-state index contributed by atoms with van der Waals surface area (Å²) in [5, 5.41) is 18.5. The normalized spacial score (nSPS) is 10.0. The fourth-order valence-corrected chi connectivity index (χ4v) is 0.815. The van der Waals surface area contributed by atoms with Crippen LogP contribution in [0.2, 0.25) is 0 Å². The molecule has 0 N–H and O–H groups in total. The highest BCUT2D eigenvalue weighted by Gasteiger charge is 2.18. The van der Waals surface area contributed by atoms with Crippen LogP contribution in [0.3, 0.4) is 0 Å². The molecule has 13 heavy (non-hydrogen) atoms. The van der Waals surface area contributed by atoms with Crippen LogP contribution in [0.25, 0.3) is 0 Å². The SMILES string of the molecule is N#Cc1cc([N+](=O)[O-])cn1C(F)F. The molecule has 0 atom stereocenters. The molecule has 0 radical (unpaired) electrons. The molecule has 0 unspecified atom stereocenters. The first-order chi connectivity index (χ1) is 6.06. The molecule has 0 aliphatic rings. The highest BCUT2D eigenvalue weighted by Crippen LogP contribution is 2.21. The Morgan fingerprint density at radius 3 is 2.62 bits per heavy atom. The minimum atomic E-state index is -2.94. The van der Waals surface area contributed by atoms with E-state index in [1.807, 2.05) is 0 Å². The highest BCUT2D eigenvalue weighted by atomic mass is 19.3. The Kier molecular flexibility index (Phi) is 2.23. The number of nitriles is 1. The van der Waals surface area contributed by atoms with Crippen molar-refractivity contribution in [1.29, 1.82) is 5.26 Å². The molecule has 0 amide bonds. The molecule has 0 aliphatic heterocycles. The van der Waals surface area contributed by atoms with Crippen LogP contribution < -0.4 is 0 Å². The van der Waals surface area contributed by atoms with Gasteiger partial charge >= 0.3 is 6.55 Å². The van der Waals surface area contributed by atoms with E-state index in [9.17, 15) is 18.9 Å². The van der Waals surface area contributed by atoms with Gasteiger partial charge in [-0.15, -0.1) is 0 Å². The first-order valence-corrected chi connectivity index (χ1v) is 3.10. The summed E-state index contributed by atoms with van der Waals surface area (Å²) in [5.74, 6) is 0. The van der Waals surface area contributed by atoms with Crippen LogP contribution in [0.5, 0.6) is 0 Å². The maximum atomic E-state index is 12.1. The average Bonchev–Trinajstić information content (AvgIpc) is 2.47. The van der Waals surface area contributed by atoms with Gasteiger partial charge in [0, 0.05) is 0 Å². The zero-order valence-electron chi connectivity index (χ0n) is 6.15. The minimum Gasteiger partial charge on any atom is -0.275 e. The lowest BCUT2D eigenvalue weighted by atomic mass is 10.4. The molecule has 5 nitrogen and oxygen atoms in total. The highest BCUT2D eigenvalue weighted by molar-refractivity contribution is 5.37. The number of halogens is 2. The van der Waals surface area contributed by atoms with Crippen LogP contribution >= 0.6 is 0 Å². The number of nitrogens with zero attached hydrogens (tertiary/aromatic N) is 3. The van der Waals surface area contributed by atoms with Gasteiger partial charge in [-0.2, -0.15) is 14.0 Å². The molecule has 7 heteroatoms. The fourth-order valence-electron chi connectivity index (χ4n) is 0.815. The van der Waals surface area contributed by atoms with Crippen LogP contribution in [0.4, 0.5) is 14.5 Å². The van der Waals surface area contributed by atoms with E-state index < -0.39 is 22.9 Å². The summed E-state index contributed by atoms with van der Waals surface area (Å²) in [4.78, 5) is 9.31. The number of alkyl halides is 2. The minimum absolute atomic E-state index is 0.248. The van der Waals surface area contributed by atoms with Crippen molar-refractivity contribution >= 4 is 5.69 Å². The Morgan fingerprint density at radius 2 is 2.31 bits per heavy atom. The number of aromatic nitrogens is 1. The predicted molar refractivity (Wildman–Crippen MR) is 37.1 cm³/mol. The largest absolute Gasteiger partial charge is 0.319 e. The van der Waals surface area contributed by atoms with Crippen molar-refractivity contribution in [2.75, 3.05) is 0 Å². The number of nitro groups is 1. The van der Waals surface area contributed by atoms with Crippen molar-refractivity contribution in [3.63, 3.8) is 0 Å². The van der Waals surface area contributed by atoms with Crippen LogP contribution in [0.15, 0.2) is 12.3 Å². The number of hydrogen-bond donors (Lipinski definition) is 0. The fraction of sp³-hybridized carbons (Fsp3) is 0.167. The van der Waals surface area contributed by atoms with Gasteiger partial charge in [0.15, 0.2) is 0 Å². The number of rotatable bonds is 2. The van der Waals surface area contributed by atoms with Crippen LogP contribution in [-0.2, 0) is 0 Å². The molecule has 0 spiro atoms. The zero-order valence-corrected chi connectivity index (χ0v) is 6.15. The van der Waals surface area contributed by atoms with Crippen LogP contribution in [0.1, 0.15) is 12.2 Å². The summed E-state index contributed by atoms with van der Waals surface area (Å²) in [6, 6.07) is 2.23. The summed E-state index contributed by atoms with van der Waals surface area (Å²) in [6.45, 7) is -2.94. The lowest BCUT2D eigenvalue weighted by Crippen LogP contribution is -1.98. The van der Waals surface area contributed by atoms with Crippen LogP contribution in [0, 0.1) is 21.4 Å². The van der Waals surface area contributed by atoms with Crippen molar-refractivity contribution in [2.24, 2.45) is 0 Å². The van der Waals surface area contributed by atoms with Crippen molar-refractivity contribution in [2.45, 2.75) is 6.55 Å². The van der Waals surface area contributed by atoms with Gasteiger partial charge < -0.3 is 0 Å². The molecule has 1 aromatic rings. The maximum absolute atomic E-state index is 12.1. The Labute approximate surface area is 71.0 Å². The Bertz CT molecular complexity index is 380. The summed E-state index contributed by atoms with van der Waals surface area (Å²) in [7, 11) is 0. The quantitative estimate of drug-likeness (QED) is 0.522. The molecular formula is C6H3F2N3O2. The summed E-state index contributed by atoms with van der Waals surface area (Å²) in [5.41, 5.74) is -0.946. The van der Waals surface area contributed by atoms with Gasteiger partial charge in [-0.3, -0.25) is 14.7 Å². The molecule has 68 valence electrons. The average molecular weight is 187 g/mol. The third-order valence-electron chi connectivity index (χ3n) is 1.37. The summed E-state index contributed by atoms with van der Waals surface area (Å²) in [6.07, 6.45) is 0.628. The van der Waals surface area contributed by atoms with E-state index >= 15 is 0 Å². The third-order valence-corrected chi connectivity index (χ3v) is 1.37. The second kappa shape index (κ2) is 3.18. The molecule has 0 saturated heterocycles. The molecule has 1 rings (SSSR count). The summed E-state index contributed by atoms with van der Waals surface area (Å²) >= 11 is 0. The maximum Gasteiger partial charge on any atom is 0.319 e. The topological polar surface area (TPSA) is 71.9 Å². The summed E-state index contributed by atoms with van der Waals surface area (Å²) < 4.78 is 24.4. The Hall–Kier alpha value is -1.97. The zero-order chi connectivity index (χ0) is 10.0. The number of hydrogen-bond acceptors (Lipinski definition) is 3. The molecule has 0 aromatic carbocycles. The van der Waals surface area contributed by atoms with E-state index in [2.05, 4.69) is 0 Å². The smallest absolute Gasteiger partial charge is 0.275 e. The second-order valence-electron chi connectivity index (χ2n) is 2.14. The van der Waals surface area contributed by atoms with E-state index in [0.717, 1.165) is 6.07 Å². The van der Waals surface area contributed by atoms with Crippen LogP contribution in [-0.4, -0.2) is 9.49 Å². The third kappa shape index (κ3) is 1.61. The van der Waals surface area contributed by atoms with E-state index in [4.69, 9.17) is 5.26 Å². The molecule has 0 fully saturated rings. The second-order valence-corrected chi connectivity index (χ2v) is 2.14. The molecule has 0 saturated carbocycles. The monoisotopic (exact) mass is 187 g/mol. The van der Waals surface area contributed by atoms with Gasteiger partial charge in [-0.05, 0) is 0 Å². The van der Waals surface area contributed by atoms with Gasteiger partial charge in [0.25, 0.3) is 5.69 Å². The first-order valence-electron chi connectivity index (χ1n) is 3.10. The molecule has 0 aliphatic carbocycles. The lowest BCUT2D eigenvalue weighted by molar-refractivity contribution is -0.384. The first kappa shape index (κ1) is 9.12. The van der Waals surface area contributed by atoms with Crippen molar-refractivity contribution in [3.8, 4) is 6.07 Å².